The van der Waals surface area contributed by atoms with Gasteiger partial charge >= 0.3 is 0 Å². The summed E-state index contributed by atoms with van der Waals surface area (Å²) in [6.07, 6.45) is 4.17. The van der Waals surface area contributed by atoms with E-state index in [1.54, 1.807) is 0 Å². The second-order valence-corrected chi connectivity index (χ2v) is 20.1. The van der Waals surface area contributed by atoms with Crippen LogP contribution in [0.3, 0.4) is 0 Å². The molecular weight excluding hydrogens is 707 g/mol. The van der Waals surface area contributed by atoms with Gasteiger partial charge in [-0.05, 0) is 157 Å². The molecule has 0 saturated heterocycles. The highest BCUT2D eigenvalue weighted by atomic mass is 15.2. The first kappa shape index (κ1) is 51.2. The molecule has 1 heterocycles. The van der Waals surface area contributed by atoms with Crippen molar-refractivity contribution < 1.29 is 4.57 Å². The molecule has 58 heavy (non-hydrogen) atoms. The number of rotatable bonds is 4. The zero-order valence-corrected chi connectivity index (χ0v) is 40.1. The Morgan fingerprint density at radius 2 is 0.759 bits per heavy atom. The van der Waals surface area contributed by atoms with Crippen LogP contribution in [0.25, 0.3) is 0 Å². The summed E-state index contributed by atoms with van der Waals surface area (Å²) in [5.74, 6) is 0. The van der Waals surface area contributed by atoms with Crippen LogP contribution in [0.15, 0.2) is 140 Å². The highest BCUT2D eigenvalue weighted by molar-refractivity contribution is 5.50. The van der Waals surface area contributed by atoms with E-state index in [1.165, 1.54) is 33.9 Å². The number of nitrogens with one attached hydrogen (secondary N) is 2. The van der Waals surface area contributed by atoms with Gasteiger partial charge in [0.15, 0.2) is 17.9 Å². The first-order valence-electron chi connectivity index (χ1n) is 20.8. The Morgan fingerprint density at radius 3 is 1.16 bits per heavy atom. The summed E-state index contributed by atoms with van der Waals surface area (Å²) >= 11 is 0. The van der Waals surface area contributed by atoms with E-state index < -0.39 is 0 Å². The van der Waals surface area contributed by atoms with Gasteiger partial charge in [-0.15, -0.1) is 0 Å². The van der Waals surface area contributed by atoms with Gasteiger partial charge in [0.25, 0.3) is 0 Å². The summed E-state index contributed by atoms with van der Waals surface area (Å²) < 4.78 is 2.19. The zero-order valence-electron chi connectivity index (χ0n) is 40.1. The van der Waals surface area contributed by atoms with Crippen molar-refractivity contribution in [1.82, 2.24) is 0 Å². The van der Waals surface area contributed by atoms with Gasteiger partial charge < -0.3 is 20.4 Å². The molecular formula is C53H82N5+. The van der Waals surface area contributed by atoms with Gasteiger partial charge in [-0.25, -0.2) is 4.57 Å². The molecule has 0 amide bonds. The Morgan fingerprint density at radius 1 is 0.397 bits per heavy atom. The minimum absolute atomic E-state index is 0.147. The van der Waals surface area contributed by atoms with Crippen LogP contribution in [0.2, 0.25) is 0 Å². The number of hydrogen-bond acceptors (Lipinski definition) is 4. The summed E-state index contributed by atoms with van der Waals surface area (Å²) in [5.41, 5.74) is 8.43. The molecule has 0 fully saturated rings. The predicted molar refractivity (Wildman–Crippen MR) is 260 cm³/mol. The van der Waals surface area contributed by atoms with Gasteiger partial charge in [-0.3, -0.25) is 0 Å². The third-order valence-electron chi connectivity index (χ3n) is 8.87. The lowest BCUT2D eigenvalue weighted by atomic mass is 10.1. The Hall–Kier alpha value is -4.77. The zero-order chi connectivity index (χ0) is 44.4. The van der Waals surface area contributed by atoms with E-state index in [0.29, 0.717) is 0 Å². The molecule has 0 radical (unpaired) electrons. The minimum Gasteiger partial charge on any atom is -0.380 e. The number of benzene rings is 4. The molecule has 5 aromatic rings. The minimum atomic E-state index is 0.147. The molecule has 0 spiro atoms. The van der Waals surface area contributed by atoms with Crippen LogP contribution < -0.4 is 25.0 Å². The highest BCUT2D eigenvalue weighted by Crippen LogP contribution is 2.23. The maximum Gasteiger partial charge on any atom is 0.169 e. The van der Waals surface area contributed by atoms with Crippen LogP contribution in [0, 0.1) is 13.8 Å². The van der Waals surface area contributed by atoms with Crippen LogP contribution in [-0.4, -0.2) is 36.3 Å². The van der Waals surface area contributed by atoms with Crippen LogP contribution in [0.1, 0.15) is 115 Å². The normalized spacial score (nSPS) is 11.4. The van der Waals surface area contributed by atoms with Crippen molar-refractivity contribution in [2.45, 2.75) is 145 Å². The van der Waals surface area contributed by atoms with Crippen LogP contribution in [-0.2, 0) is 5.54 Å². The van der Waals surface area contributed by atoms with Gasteiger partial charge in [0.1, 0.15) is 0 Å². The van der Waals surface area contributed by atoms with Gasteiger partial charge in [-0.2, -0.15) is 0 Å². The lowest BCUT2D eigenvalue weighted by Gasteiger charge is -2.34. The average molecular weight is 789 g/mol. The van der Waals surface area contributed by atoms with E-state index >= 15 is 0 Å². The highest BCUT2D eigenvalue weighted by Gasteiger charge is 2.20. The number of aromatic nitrogens is 1. The maximum absolute atomic E-state index is 3.42. The largest absolute Gasteiger partial charge is 0.380 e. The van der Waals surface area contributed by atoms with Crippen molar-refractivity contribution in [3.05, 3.63) is 151 Å². The van der Waals surface area contributed by atoms with Gasteiger partial charge in [0.2, 0.25) is 0 Å². The Bertz CT molecular complexity index is 1820. The predicted octanol–water partition coefficient (Wildman–Crippen LogP) is 14.0. The molecule has 4 aromatic carbocycles. The fourth-order valence-corrected chi connectivity index (χ4v) is 5.22. The number of pyridine rings is 1. The third kappa shape index (κ3) is 22.8. The molecule has 318 valence electrons. The number of aryl methyl sites for hydroxylation is 2. The molecule has 0 atom stereocenters. The number of hydrogen-bond donors (Lipinski definition) is 2. The molecule has 0 saturated carbocycles. The molecule has 5 nitrogen and oxygen atoms in total. The maximum atomic E-state index is 3.42. The topological polar surface area (TPSA) is 34.4 Å². The molecule has 0 unspecified atom stereocenters. The lowest BCUT2D eigenvalue weighted by molar-refractivity contribution is -0.754. The van der Waals surface area contributed by atoms with E-state index in [2.05, 4.69) is 254 Å². The Labute approximate surface area is 356 Å². The molecule has 0 aliphatic rings. The molecule has 1 aromatic heterocycles. The number of para-hydroxylation sites is 2. The number of anilines is 4. The van der Waals surface area contributed by atoms with Crippen molar-refractivity contribution >= 4 is 22.7 Å². The second kappa shape index (κ2) is 23.0. The van der Waals surface area contributed by atoms with Crippen LogP contribution in [0.4, 0.5) is 22.7 Å². The Balaban J connectivity index is 0.000000363. The summed E-state index contributed by atoms with van der Waals surface area (Å²) in [6, 6.07) is 43.8. The molecule has 0 aliphatic heterocycles. The fourth-order valence-electron chi connectivity index (χ4n) is 5.22. The fraction of sp³-hybridized carbons (Fsp3) is 0.453. The van der Waals surface area contributed by atoms with E-state index in [1.807, 2.05) is 42.5 Å². The van der Waals surface area contributed by atoms with Crippen molar-refractivity contribution in [1.29, 1.82) is 0 Å². The van der Waals surface area contributed by atoms with E-state index in [9.17, 15) is 0 Å². The van der Waals surface area contributed by atoms with Crippen molar-refractivity contribution in [2.24, 2.45) is 0 Å². The molecule has 2 N–H and O–H groups in total. The van der Waals surface area contributed by atoms with Gasteiger partial charge in [-0.1, -0.05) is 66.7 Å². The third-order valence-corrected chi connectivity index (χ3v) is 8.87. The van der Waals surface area contributed by atoms with Crippen molar-refractivity contribution in [3.8, 4) is 0 Å². The van der Waals surface area contributed by atoms with E-state index in [0.717, 1.165) is 0 Å². The van der Waals surface area contributed by atoms with E-state index in [-0.39, 0.29) is 27.7 Å². The molecule has 0 aliphatic carbocycles. The molecule has 0 bridgehead atoms. The van der Waals surface area contributed by atoms with Crippen molar-refractivity contribution in [3.63, 3.8) is 0 Å². The Kier molecular flexibility index (Phi) is 20.3. The summed E-state index contributed by atoms with van der Waals surface area (Å²) in [6.45, 7) is 37.0. The smallest absolute Gasteiger partial charge is 0.169 e. The van der Waals surface area contributed by atoms with Gasteiger partial charge in [0.05, 0.1) is 0 Å². The van der Waals surface area contributed by atoms with Crippen molar-refractivity contribution in [2.75, 3.05) is 34.5 Å². The molecule has 5 rings (SSSR count). The summed E-state index contributed by atoms with van der Waals surface area (Å²) in [5, 5.41) is 6.80. The average Bonchev–Trinajstić information content (AvgIpc) is 3.11. The SMILES string of the molecule is CC(C)(C)Nc1ccccc1.CC(C)(C)[n+]1ccccc1.CN(c1ccccc1)C(C)(C)C.Cc1cccc(N(C)C(C)(C)C)c1.Cc1cccc(NC(C)(C)C)c1. The lowest BCUT2D eigenvalue weighted by Crippen LogP contribution is -2.49. The number of nitrogens with zero attached hydrogens (tertiary/aromatic N) is 3. The quantitative estimate of drug-likeness (QED) is 0.178. The first-order valence-corrected chi connectivity index (χ1v) is 20.8. The van der Waals surface area contributed by atoms with Crippen LogP contribution >= 0.6 is 0 Å². The van der Waals surface area contributed by atoms with Crippen LogP contribution in [0.5, 0.6) is 0 Å². The monoisotopic (exact) mass is 789 g/mol. The summed E-state index contributed by atoms with van der Waals surface area (Å²) in [4.78, 5) is 4.56. The standard InChI is InChI=1S/C12H19N.2C11H17N.C10H15N.C9H14N/c1-10-7-6-8-11(9-10)13(5)12(2,3)4;1-9-6-5-7-10(8-9)12-11(2,3)4;1-11(2,3)12(4)10-8-6-5-7-9-10;1-10(2,3)11-9-7-5-4-6-8-9;1-9(2,3)10-7-5-4-6-8-10/h6-9H,1-5H3;5-8,12H,1-4H3;5-9H,1-4H3;4-8,11H,1-3H3;4-8H,1-3H3/q;;;;+1. The van der Waals surface area contributed by atoms with E-state index in [4.69, 9.17) is 0 Å². The van der Waals surface area contributed by atoms with Gasteiger partial charge in [0, 0.05) is 91.9 Å². The molecule has 5 heteroatoms. The first-order chi connectivity index (χ1) is 26.6. The second-order valence-electron chi connectivity index (χ2n) is 20.1. The summed E-state index contributed by atoms with van der Waals surface area (Å²) in [7, 11) is 4.25.